The zero-order valence-electron chi connectivity index (χ0n) is 18.9. The third-order valence-corrected chi connectivity index (χ3v) is 8.17. The molecule has 0 aliphatic heterocycles. The zero-order chi connectivity index (χ0) is 23.7. The Labute approximate surface area is 196 Å². The minimum atomic E-state index is -3.82. The van der Waals surface area contributed by atoms with Gasteiger partial charge in [0.05, 0.1) is 24.1 Å². The number of aromatic nitrogens is 1. The van der Waals surface area contributed by atoms with Gasteiger partial charge in [0.2, 0.25) is 5.89 Å². The third-order valence-electron chi connectivity index (χ3n) is 5.80. The Hall–Kier alpha value is -3.31. The van der Waals surface area contributed by atoms with Crippen molar-refractivity contribution in [3.8, 4) is 0 Å². The predicted octanol–water partition coefficient (Wildman–Crippen LogP) is 6.85. The molecule has 5 rings (SSSR count). The maximum Gasteiger partial charge on any atom is 0.347 e. The lowest BCUT2D eigenvalue weighted by molar-refractivity contribution is 0.211. The molecule has 0 aliphatic carbocycles. The summed E-state index contributed by atoms with van der Waals surface area (Å²) in [6.07, 6.45) is 0. The number of hydrogen-bond acceptors (Lipinski definition) is 6. The van der Waals surface area contributed by atoms with Crippen LogP contribution in [0.2, 0.25) is 0 Å². The minimum Gasteiger partial charge on any atom is -0.406 e. The lowest BCUT2D eigenvalue weighted by Crippen LogP contribution is -2.14. The molecule has 6 nitrogen and oxygen atoms in total. The molecule has 0 amide bonds. The number of fused-ring (bicyclic) bond motifs is 3. The molecule has 0 radical (unpaired) electrons. The SMILES string of the molecule is CCOP(=O)(OCC)C(c1nc2cc3ccccc3cc2c(=O)o1)c1cccc2ccccc12. The number of hydrogen-bond donors (Lipinski definition) is 0. The monoisotopic (exact) mass is 473 g/mol. The van der Waals surface area contributed by atoms with E-state index in [-0.39, 0.29) is 19.1 Å². The Morgan fingerprint density at radius 3 is 2.15 bits per heavy atom. The largest absolute Gasteiger partial charge is 0.406 e. The van der Waals surface area contributed by atoms with E-state index < -0.39 is 18.9 Å². The molecule has 1 heterocycles. The molecule has 0 spiro atoms. The van der Waals surface area contributed by atoms with E-state index in [1.165, 1.54) is 0 Å². The molecular formula is C27H24NO5P. The van der Waals surface area contributed by atoms with Crippen LogP contribution in [0.25, 0.3) is 32.4 Å². The fraction of sp³-hybridized carbons (Fsp3) is 0.185. The highest BCUT2D eigenvalue weighted by Gasteiger charge is 2.42. The summed E-state index contributed by atoms with van der Waals surface area (Å²) in [7, 11) is -3.82. The topological polar surface area (TPSA) is 78.6 Å². The molecule has 0 saturated carbocycles. The van der Waals surface area contributed by atoms with Gasteiger partial charge in [-0.05, 0) is 53.1 Å². The first-order valence-electron chi connectivity index (χ1n) is 11.2. The first-order chi connectivity index (χ1) is 16.5. The van der Waals surface area contributed by atoms with Crippen LogP contribution in [0.5, 0.6) is 0 Å². The van der Waals surface area contributed by atoms with Crippen LogP contribution in [0.1, 0.15) is 31.0 Å². The number of nitrogens with zero attached hydrogens (tertiary/aromatic N) is 1. The van der Waals surface area contributed by atoms with Crippen molar-refractivity contribution >= 4 is 40.0 Å². The average Bonchev–Trinajstić information content (AvgIpc) is 2.84. The summed E-state index contributed by atoms with van der Waals surface area (Å²) in [4.78, 5) is 17.8. The van der Waals surface area contributed by atoms with Gasteiger partial charge in [0.15, 0.2) is 5.66 Å². The van der Waals surface area contributed by atoms with Crippen LogP contribution in [0.4, 0.5) is 0 Å². The highest BCUT2D eigenvalue weighted by molar-refractivity contribution is 7.54. The van der Waals surface area contributed by atoms with Crippen molar-refractivity contribution in [2.24, 2.45) is 0 Å². The highest BCUT2D eigenvalue weighted by atomic mass is 31.2. The van der Waals surface area contributed by atoms with Crippen molar-refractivity contribution in [2.45, 2.75) is 19.5 Å². The normalized spacial score (nSPS) is 13.0. The zero-order valence-corrected chi connectivity index (χ0v) is 19.8. The lowest BCUT2D eigenvalue weighted by atomic mass is 10.0. The summed E-state index contributed by atoms with van der Waals surface area (Å²) >= 11 is 0. The first-order valence-corrected chi connectivity index (χ1v) is 12.8. The van der Waals surface area contributed by atoms with E-state index in [0.29, 0.717) is 16.5 Å². The van der Waals surface area contributed by atoms with Crippen LogP contribution in [0.3, 0.4) is 0 Å². The molecule has 34 heavy (non-hydrogen) atoms. The van der Waals surface area contributed by atoms with Gasteiger partial charge >= 0.3 is 13.2 Å². The van der Waals surface area contributed by atoms with E-state index in [1.807, 2.05) is 72.8 Å². The van der Waals surface area contributed by atoms with E-state index in [0.717, 1.165) is 21.5 Å². The van der Waals surface area contributed by atoms with Crippen molar-refractivity contribution in [1.29, 1.82) is 0 Å². The van der Waals surface area contributed by atoms with E-state index in [9.17, 15) is 9.36 Å². The molecule has 7 heteroatoms. The Morgan fingerprint density at radius 1 is 0.824 bits per heavy atom. The predicted molar refractivity (Wildman–Crippen MR) is 134 cm³/mol. The van der Waals surface area contributed by atoms with Crippen LogP contribution in [0, 0.1) is 0 Å². The molecule has 0 N–H and O–H groups in total. The molecule has 1 aromatic heterocycles. The van der Waals surface area contributed by atoms with Crippen LogP contribution in [0.15, 0.2) is 88.1 Å². The third kappa shape index (κ3) is 3.94. The van der Waals surface area contributed by atoms with Crippen LogP contribution < -0.4 is 5.63 Å². The second-order valence-electron chi connectivity index (χ2n) is 7.90. The summed E-state index contributed by atoms with van der Waals surface area (Å²) in [6.45, 7) is 3.84. The molecule has 172 valence electrons. The van der Waals surface area contributed by atoms with Crippen molar-refractivity contribution in [3.05, 3.63) is 101 Å². The van der Waals surface area contributed by atoms with Gasteiger partial charge in [0.1, 0.15) is 0 Å². The summed E-state index contributed by atoms with van der Waals surface area (Å²) < 4.78 is 31.4. The maximum atomic E-state index is 14.2. The van der Waals surface area contributed by atoms with Crippen LogP contribution in [-0.2, 0) is 13.6 Å². The van der Waals surface area contributed by atoms with Gasteiger partial charge in [0, 0.05) is 0 Å². The molecule has 0 fully saturated rings. The van der Waals surface area contributed by atoms with Crippen LogP contribution >= 0.6 is 7.60 Å². The summed E-state index contributed by atoms with van der Waals surface area (Å²) in [5.41, 5.74) is -0.425. The summed E-state index contributed by atoms with van der Waals surface area (Å²) in [5, 5.41) is 4.04. The van der Waals surface area contributed by atoms with Gasteiger partial charge in [-0.3, -0.25) is 4.57 Å². The van der Waals surface area contributed by atoms with Crippen LogP contribution in [-0.4, -0.2) is 18.2 Å². The fourth-order valence-electron chi connectivity index (χ4n) is 4.37. The van der Waals surface area contributed by atoms with Crippen molar-refractivity contribution < 1.29 is 18.0 Å². The molecule has 4 aromatic carbocycles. The van der Waals surface area contributed by atoms with Gasteiger partial charge in [-0.2, -0.15) is 0 Å². The van der Waals surface area contributed by atoms with Gasteiger partial charge in [-0.15, -0.1) is 0 Å². The molecule has 1 unspecified atom stereocenters. The number of rotatable bonds is 7. The van der Waals surface area contributed by atoms with Gasteiger partial charge in [-0.1, -0.05) is 66.7 Å². The van der Waals surface area contributed by atoms with E-state index in [4.69, 9.17) is 18.4 Å². The first kappa shape index (κ1) is 22.5. The Morgan fingerprint density at radius 2 is 1.44 bits per heavy atom. The highest BCUT2D eigenvalue weighted by Crippen LogP contribution is 2.64. The lowest BCUT2D eigenvalue weighted by Gasteiger charge is -2.26. The second-order valence-corrected chi connectivity index (χ2v) is 10.0. The molecular weight excluding hydrogens is 449 g/mol. The molecule has 0 aliphatic rings. The smallest absolute Gasteiger partial charge is 0.347 e. The maximum absolute atomic E-state index is 14.2. The molecule has 0 saturated heterocycles. The standard InChI is InChI=1S/C27H24NO5P/c1-3-31-34(30,32-4-2)25(22-15-9-13-18-10-7-8-14-21(18)22)26-28-24-17-20-12-6-5-11-19(20)16-23(24)27(29)33-26/h5-17,25H,3-4H2,1-2H3. The summed E-state index contributed by atoms with van der Waals surface area (Å²) in [5.74, 6) is 0.00867. The van der Waals surface area contributed by atoms with Gasteiger partial charge < -0.3 is 13.5 Å². The van der Waals surface area contributed by atoms with Crippen molar-refractivity contribution in [2.75, 3.05) is 13.2 Å². The fourth-order valence-corrected chi connectivity index (χ4v) is 6.41. The minimum absolute atomic E-state index is 0.00867. The second kappa shape index (κ2) is 9.15. The Balaban J connectivity index is 1.82. The van der Waals surface area contributed by atoms with Crippen molar-refractivity contribution in [3.63, 3.8) is 0 Å². The van der Waals surface area contributed by atoms with E-state index >= 15 is 0 Å². The number of benzene rings is 4. The Kier molecular flexibility index (Phi) is 6.05. The molecule has 5 aromatic rings. The average molecular weight is 473 g/mol. The van der Waals surface area contributed by atoms with Crippen molar-refractivity contribution in [1.82, 2.24) is 4.98 Å². The van der Waals surface area contributed by atoms with Gasteiger partial charge in [0.25, 0.3) is 0 Å². The summed E-state index contributed by atoms with van der Waals surface area (Å²) in [6, 6.07) is 24.8. The Bertz CT molecular complexity index is 1590. The molecule has 1 atom stereocenters. The van der Waals surface area contributed by atoms with Gasteiger partial charge in [-0.25, -0.2) is 9.78 Å². The quantitative estimate of drug-likeness (QED) is 0.190. The molecule has 0 bridgehead atoms. The van der Waals surface area contributed by atoms with E-state index in [1.54, 1.807) is 19.9 Å². The van der Waals surface area contributed by atoms with E-state index in [2.05, 4.69) is 0 Å².